The van der Waals surface area contributed by atoms with Gasteiger partial charge in [-0.05, 0) is 6.42 Å². The van der Waals surface area contributed by atoms with Crippen LogP contribution in [-0.2, 0) is 30.5 Å². The van der Waals surface area contributed by atoms with E-state index in [0.29, 0.717) is 19.8 Å². The summed E-state index contributed by atoms with van der Waals surface area (Å²) >= 11 is 0. The number of ether oxygens (including phenoxy) is 2. The quantitative estimate of drug-likeness (QED) is 0.687. The van der Waals surface area contributed by atoms with E-state index in [4.69, 9.17) is 14.6 Å². The molecule has 1 N–H and O–H groups in total. The Balaban J connectivity index is 0. The zero-order valence-electron chi connectivity index (χ0n) is 6.91. The molecule has 0 aliphatic carbocycles. The fourth-order valence-corrected chi connectivity index (χ4v) is 0.531. The normalized spacial score (nSPS) is 9.27. The van der Waals surface area contributed by atoms with Crippen molar-refractivity contribution in [3.05, 3.63) is 0 Å². The van der Waals surface area contributed by atoms with Gasteiger partial charge in [-0.15, -0.1) is 0 Å². The Morgan fingerprint density at radius 3 is 2.00 bits per heavy atom. The molecule has 0 aromatic rings. The van der Waals surface area contributed by atoms with Gasteiger partial charge >= 0.3 is 0 Å². The van der Waals surface area contributed by atoms with Crippen molar-refractivity contribution in [1.82, 2.24) is 0 Å². The third kappa shape index (κ3) is 13.5. The van der Waals surface area contributed by atoms with Crippen molar-refractivity contribution >= 4 is 0 Å². The molecule has 0 radical (unpaired) electrons. The summed E-state index contributed by atoms with van der Waals surface area (Å²) in [5.74, 6) is 0. The van der Waals surface area contributed by atoms with Crippen LogP contribution < -0.4 is 0 Å². The zero-order chi connectivity index (χ0) is 7.66. The molecule has 4 heteroatoms. The largest absolute Gasteiger partial charge is 0.394 e. The smallest absolute Gasteiger partial charge is 0.0701 e. The molecule has 11 heavy (non-hydrogen) atoms. The number of aliphatic hydroxyl groups excluding tert-OH is 1. The third-order valence-corrected chi connectivity index (χ3v) is 0.956. The average molecular weight is 332 g/mol. The average Bonchev–Trinajstić information content (AvgIpc) is 1.97. The fraction of sp³-hybridized carbons (Fsp3) is 1.00. The van der Waals surface area contributed by atoms with E-state index in [9.17, 15) is 0 Å². The summed E-state index contributed by atoms with van der Waals surface area (Å²) in [6.07, 6.45) is 1.04. The Morgan fingerprint density at radius 2 is 1.55 bits per heavy atom. The summed E-state index contributed by atoms with van der Waals surface area (Å²) in [4.78, 5) is 0. The summed E-state index contributed by atoms with van der Waals surface area (Å²) in [6, 6.07) is 0. The van der Waals surface area contributed by atoms with E-state index in [1.165, 1.54) is 0 Å². The van der Waals surface area contributed by atoms with Gasteiger partial charge in [0.2, 0.25) is 0 Å². The zero-order valence-corrected chi connectivity index (χ0v) is 9.85. The van der Waals surface area contributed by atoms with Gasteiger partial charge in [0.15, 0.2) is 0 Å². The van der Waals surface area contributed by atoms with Crippen LogP contribution in [0.5, 0.6) is 0 Å². The second-order valence-corrected chi connectivity index (χ2v) is 1.95. The Labute approximate surface area is 82.3 Å². The predicted molar refractivity (Wildman–Crippen MR) is 39.0 cm³/mol. The number of rotatable bonds is 7. The van der Waals surface area contributed by atoms with Crippen LogP contribution >= 0.6 is 0 Å². The van der Waals surface area contributed by atoms with Gasteiger partial charge in [0.05, 0.1) is 26.4 Å². The van der Waals surface area contributed by atoms with Gasteiger partial charge < -0.3 is 14.6 Å². The molecule has 0 saturated carbocycles. The molecule has 0 aliphatic rings. The predicted octanol–water partition coefficient (Wildman–Crippen LogP) is 0.419. The van der Waals surface area contributed by atoms with E-state index in [2.05, 4.69) is 6.92 Å². The molecule has 0 atom stereocenters. The molecule has 0 aromatic heterocycles. The van der Waals surface area contributed by atoms with Crippen molar-refractivity contribution in [2.24, 2.45) is 0 Å². The molecule has 0 saturated heterocycles. The van der Waals surface area contributed by atoms with Crippen molar-refractivity contribution in [3.8, 4) is 0 Å². The van der Waals surface area contributed by atoms with Crippen LogP contribution in [-0.4, -0.2) is 38.1 Å². The van der Waals surface area contributed by atoms with Crippen LogP contribution in [0.25, 0.3) is 0 Å². The van der Waals surface area contributed by atoms with Crippen molar-refractivity contribution in [2.45, 2.75) is 13.3 Å². The van der Waals surface area contributed by atoms with Crippen LogP contribution in [0, 0.1) is 0 Å². The fourth-order valence-electron chi connectivity index (χ4n) is 0.531. The van der Waals surface area contributed by atoms with E-state index in [1.54, 1.807) is 0 Å². The SMILES string of the molecule is CCCOCCOCCO.[W]. The Bertz CT molecular complexity index is 53.6. The first-order valence-corrected chi connectivity index (χ1v) is 3.68. The van der Waals surface area contributed by atoms with Crippen LogP contribution in [0.3, 0.4) is 0 Å². The minimum Gasteiger partial charge on any atom is -0.394 e. The first kappa shape index (κ1) is 14.1. The van der Waals surface area contributed by atoms with E-state index in [1.807, 2.05) is 0 Å². The summed E-state index contributed by atoms with van der Waals surface area (Å²) < 4.78 is 10.1. The molecule has 0 amide bonds. The van der Waals surface area contributed by atoms with Crippen molar-refractivity contribution in [3.63, 3.8) is 0 Å². The number of hydrogen-bond acceptors (Lipinski definition) is 3. The molecular formula is C7H16O3W. The van der Waals surface area contributed by atoms with E-state index >= 15 is 0 Å². The van der Waals surface area contributed by atoms with Crippen LogP contribution in [0.2, 0.25) is 0 Å². The Morgan fingerprint density at radius 1 is 1.00 bits per heavy atom. The molecule has 0 rings (SSSR count). The maximum atomic E-state index is 8.30. The van der Waals surface area contributed by atoms with Gasteiger partial charge in [0, 0.05) is 27.7 Å². The minimum absolute atomic E-state index is 0. The second-order valence-electron chi connectivity index (χ2n) is 1.95. The monoisotopic (exact) mass is 332 g/mol. The molecule has 0 aliphatic heterocycles. The number of hydrogen-bond donors (Lipinski definition) is 1. The van der Waals surface area contributed by atoms with Crippen molar-refractivity contribution in [2.75, 3.05) is 33.0 Å². The second kappa shape index (κ2) is 13.2. The standard InChI is InChI=1S/C7H16O3.W/c1-2-4-9-6-7-10-5-3-8;/h8H,2-7H2,1H3;. The van der Waals surface area contributed by atoms with E-state index in [-0.39, 0.29) is 27.7 Å². The molecule has 0 aromatic carbocycles. The van der Waals surface area contributed by atoms with Crippen molar-refractivity contribution in [1.29, 1.82) is 0 Å². The van der Waals surface area contributed by atoms with Crippen LogP contribution in [0.4, 0.5) is 0 Å². The third-order valence-electron chi connectivity index (χ3n) is 0.956. The van der Waals surface area contributed by atoms with Crippen molar-refractivity contribution < 1.29 is 35.6 Å². The first-order chi connectivity index (χ1) is 4.91. The Hall–Kier alpha value is 0.568. The van der Waals surface area contributed by atoms with Gasteiger partial charge in [-0.2, -0.15) is 0 Å². The topological polar surface area (TPSA) is 38.7 Å². The molecule has 0 bridgehead atoms. The first-order valence-electron chi connectivity index (χ1n) is 3.68. The Kier molecular flexibility index (Phi) is 16.9. The summed E-state index contributed by atoms with van der Waals surface area (Å²) in [5, 5.41) is 8.30. The maximum Gasteiger partial charge on any atom is 0.0701 e. The molecule has 68 valence electrons. The summed E-state index contributed by atoms with van der Waals surface area (Å²) in [5.41, 5.74) is 0. The van der Waals surface area contributed by atoms with Gasteiger partial charge in [0.25, 0.3) is 0 Å². The van der Waals surface area contributed by atoms with Gasteiger partial charge in [-0.1, -0.05) is 6.92 Å². The molecular weight excluding hydrogens is 316 g/mol. The van der Waals surface area contributed by atoms with Gasteiger partial charge in [-0.3, -0.25) is 0 Å². The van der Waals surface area contributed by atoms with E-state index in [0.717, 1.165) is 13.0 Å². The maximum absolute atomic E-state index is 8.30. The summed E-state index contributed by atoms with van der Waals surface area (Å²) in [6.45, 7) is 4.58. The molecule has 0 unspecified atom stereocenters. The minimum atomic E-state index is 0. The number of aliphatic hydroxyl groups is 1. The molecule has 0 fully saturated rings. The van der Waals surface area contributed by atoms with E-state index < -0.39 is 0 Å². The van der Waals surface area contributed by atoms with Crippen LogP contribution in [0.15, 0.2) is 0 Å². The van der Waals surface area contributed by atoms with Gasteiger partial charge in [-0.25, -0.2) is 0 Å². The summed E-state index contributed by atoms with van der Waals surface area (Å²) in [7, 11) is 0. The van der Waals surface area contributed by atoms with Crippen LogP contribution in [0.1, 0.15) is 13.3 Å². The van der Waals surface area contributed by atoms with Gasteiger partial charge in [0.1, 0.15) is 0 Å². The molecule has 0 heterocycles. The molecule has 0 spiro atoms. The molecule has 3 nitrogen and oxygen atoms in total.